The number of hydrogen-bond acceptors (Lipinski definition) is 2. The second-order valence-electron chi connectivity index (χ2n) is 17.0. The standard InChI is InChI=1S/C58H46N2/c1-39-21-11-19-33-53(39)59(41-23-7-5-8-24-41)43-35-36-46-51(37-43)58(49-31-17-15-29-47(49)57(3,4)48-30-16-18-32-50(48)58)52-38-55(44-27-13-14-28-45(44)56(46)52)60(42-25-9-6-10-26-42)54-34-20-12-22-40(54)2/h5-38H,1-4H3. The van der Waals surface area contributed by atoms with Crippen molar-refractivity contribution in [1.29, 1.82) is 0 Å². The van der Waals surface area contributed by atoms with Crippen LogP contribution in [0.4, 0.5) is 34.1 Å². The molecule has 2 heteroatoms. The van der Waals surface area contributed by atoms with E-state index < -0.39 is 5.41 Å². The number of aryl methyl sites for hydroxylation is 2. The molecule has 2 aliphatic rings. The largest absolute Gasteiger partial charge is 0.310 e. The van der Waals surface area contributed by atoms with Gasteiger partial charge in [0.15, 0.2) is 0 Å². The number of fused-ring (bicyclic) bond motifs is 11. The van der Waals surface area contributed by atoms with Gasteiger partial charge in [-0.05, 0) is 129 Å². The van der Waals surface area contributed by atoms with Crippen LogP contribution in [0.2, 0.25) is 0 Å². The second kappa shape index (κ2) is 13.7. The fourth-order valence-corrected chi connectivity index (χ4v) is 10.7. The SMILES string of the molecule is Cc1ccccc1N(c1ccccc1)c1ccc2c(c1)C1(c3ccccc3C(C)(C)c3ccccc31)c1cc(N(c3ccccc3)c3ccccc3C)c3ccccc3c1-2. The van der Waals surface area contributed by atoms with Crippen LogP contribution in [-0.4, -0.2) is 0 Å². The Kier molecular flexibility index (Phi) is 8.22. The minimum absolute atomic E-state index is 0.215. The Labute approximate surface area is 353 Å². The van der Waals surface area contributed by atoms with Crippen LogP contribution in [0.5, 0.6) is 0 Å². The average Bonchev–Trinajstić information content (AvgIpc) is 3.58. The Morgan fingerprint density at radius 1 is 0.333 bits per heavy atom. The van der Waals surface area contributed by atoms with Gasteiger partial charge in [0.05, 0.1) is 11.1 Å². The quantitative estimate of drug-likeness (QED) is 0.166. The number of anilines is 6. The summed E-state index contributed by atoms with van der Waals surface area (Å²) in [5.74, 6) is 0. The minimum Gasteiger partial charge on any atom is -0.310 e. The molecule has 9 aromatic carbocycles. The molecule has 0 bridgehead atoms. The van der Waals surface area contributed by atoms with E-state index in [2.05, 4.69) is 244 Å². The first-order chi connectivity index (χ1) is 29.4. The van der Waals surface area contributed by atoms with Gasteiger partial charge in [0, 0.05) is 39.2 Å². The van der Waals surface area contributed by atoms with E-state index >= 15 is 0 Å². The first-order valence-electron chi connectivity index (χ1n) is 21.1. The molecule has 0 radical (unpaired) electrons. The molecule has 1 spiro atoms. The lowest BCUT2D eigenvalue weighted by Gasteiger charge is -2.47. The minimum atomic E-state index is -0.621. The Hall–Kier alpha value is -7.16. The fraction of sp³-hybridized carbons (Fsp3) is 0.103. The molecule has 11 rings (SSSR count). The lowest BCUT2D eigenvalue weighted by atomic mass is 9.55. The molecule has 2 aliphatic carbocycles. The molecule has 0 N–H and O–H groups in total. The van der Waals surface area contributed by atoms with Gasteiger partial charge in [-0.2, -0.15) is 0 Å². The summed E-state index contributed by atoms with van der Waals surface area (Å²) in [4.78, 5) is 4.93. The molecule has 0 heterocycles. The molecule has 0 atom stereocenters. The molecule has 0 amide bonds. The summed E-state index contributed by atoms with van der Waals surface area (Å²) in [6, 6.07) is 76.7. The van der Waals surface area contributed by atoms with Crippen molar-refractivity contribution in [3.8, 4) is 11.1 Å². The second-order valence-corrected chi connectivity index (χ2v) is 17.0. The third-order valence-electron chi connectivity index (χ3n) is 13.4. The van der Waals surface area contributed by atoms with Crippen LogP contribution in [-0.2, 0) is 10.8 Å². The molecular formula is C58H46N2. The molecule has 0 fully saturated rings. The predicted molar refractivity (Wildman–Crippen MR) is 252 cm³/mol. The van der Waals surface area contributed by atoms with Crippen molar-refractivity contribution >= 4 is 44.9 Å². The zero-order chi connectivity index (χ0) is 40.6. The van der Waals surface area contributed by atoms with Crippen molar-refractivity contribution in [3.05, 3.63) is 251 Å². The van der Waals surface area contributed by atoms with Gasteiger partial charge in [0.2, 0.25) is 0 Å². The summed E-state index contributed by atoms with van der Waals surface area (Å²) >= 11 is 0. The molecule has 0 saturated heterocycles. The third kappa shape index (κ3) is 5.13. The van der Waals surface area contributed by atoms with E-state index in [1.165, 1.54) is 83.5 Å². The number of hydrogen-bond donors (Lipinski definition) is 0. The number of rotatable bonds is 6. The van der Waals surface area contributed by atoms with Crippen molar-refractivity contribution in [2.24, 2.45) is 0 Å². The smallest absolute Gasteiger partial charge is 0.0721 e. The van der Waals surface area contributed by atoms with Gasteiger partial charge in [0.25, 0.3) is 0 Å². The molecule has 9 aromatic rings. The molecule has 0 unspecified atom stereocenters. The first-order valence-corrected chi connectivity index (χ1v) is 21.1. The molecule has 0 aromatic heterocycles. The van der Waals surface area contributed by atoms with E-state index in [4.69, 9.17) is 0 Å². The third-order valence-corrected chi connectivity index (χ3v) is 13.4. The number of para-hydroxylation sites is 4. The maximum atomic E-state index is 2.55. The normalized spacial score (nSPS) is 13.9. The number of nitrogens with zero attached hydrogens (tertiary/aromatic N) is 2. The van der Waals surface area contributed by atoms with E-state index in [9.17, 15) is 0 Å². The first kappa shape index (κ1) is 36.0. The molecule has 0 saturated carbocycles. The Balaban J connectivity index is 1.30. The monoisotopic (exact) mass is 770 g/mol. The van der Waals surface area contributed by atoms with E-state index in [0.717, 1.165) is 17.1 Å². The van der Waals surface area contributed by atoms with Gasteiger partial charge in [-0.25, -0.2) is 0 Å². The van der Waals surface area contributed by atoms with Gasteiger partial charge in [-0.1, -0.05) is 166 Å². The lowest BCUT2D eigenvalue weighted by molar-refractivity contribution is 0.563. The van der Waals surface area contributed by atoms with Gasteiger partial charge in [-0.15, -0.1) is 0 Å². The van der Waals surface area contributed by atoms with Gasteiger partial charge >= 0.3 is 0 Å². The topological polar surface area (TPSA) is 6.48 Å². The van der Waals surface area contributed by atoms with Crippen molar-refractivity contribution in [3.63, 3.8) is 0 Å². The van der Waals surface area contributed by atoms with Crippen LogP contribution in [0.15, 0.2) is 206 Å². The van der Waals surface area contributed by atoms with Crippen LogP contribution < -0.4 is 9.80 Å². The molecular weight excluding hydrogens is 725 g/mol. The lowest BCUT2D eigenvalue weighted by Crippen LogP contribution is -2.40. The highest BCUT2D eigenvalue weighted by atomic mass is 15.2. The summed E-state index contributed by atoms with van der Waals surface area (Å²) < 4.78 is 0. The summed E-state index contributed by atoms with van der Waals surface area (Å²) in [6.07, 6.45) is 0. The predicted octanol–water partition coefficient (Wildman–Crippen LogP) is 15.4. The van der Waals surface area contributed by atoms with Crippen LogP contribution in [0, 0.1) is 13.8 Å². The van der Waals surface area contributed by atoms with E-state index in [1.807, 2.05) is 0 Å². The van der Waals surface area contributed by atoms with Crippen molar-refractivity contribution in [2.45, 2.75) is 38.5 Å². The summed E-state index contributed by atoms with van der Waals surface area (Å²) in [5.41, 5.74) is 19.1. The summed E-state index contributed by atoms with van der Waals surface area (Å²) in [6.45, 7) is 9.25. The molecule has 60 heavy (non-hydrogen) atoms. The van der Waals surface area contributed by atoms with E-state index in [1.54, 1.807) is 0 Å². The summed E-state index contributed by atoms with van der Waals surface area (Å²) in [5, 5.41) is 2.47. The highest BCUT2D eigenvalue weighted by Crippen LogP contribution is 2.65. The molecule has 2 nitrogen and oxygen atoms in total. The van der Waals surface area contributed by atoms with Crippen LogP contribution in [0.1, 0.15) is 58.4 Å². The van der Waals surface area contributed by atoms with Crippen LogP contribution in [0.3, 0.4) is 0 Å². The molecule has 0 aliphatic heterocycles. The van der Waals surface area contributed by atoms with Crippen molar-refractivity contribution in [1.82, 2.24) is 0 Å². The Morgan fingerprint density at radius 2 is 0.800 bits per heavy atom. The van der Waals surface area contributed by atoms with Crippen molar-refractivity contribution < 1.29 is 0 Å². The van der Waals surface area contributed by atoms with E-state index in [-0.39, 0.29) is 5.41 Å². The Bertz CT molecular complexity index is 3060. The molecule has 288 valence electrons. The zero-order valence-electron chi connectivity index (χ0n) is 34.5. The maximum absolute atomic E-state index is 2.55. The van der Waals surface area contributed by atoms with Gasteiger partial charge < -0.3 is 9.80 Å². The van der Waals surface area contributed by atoms with Crippen LogP contribution >= 0.6 is 0 Å². The maximum Gasteiger partial charge on any atom is 0.0721 e. The van der Waals surface area contributed by atoms with Gasteiger partial charge in [-0.3, -0.25) is 0 Å². The van der Waals surface area contributed by atoms with Gasteiger partial charge in [0.1, 0.15) is 0 Å². The zero-order valence-corrected chi connectivity index (χ0v) is 34.5. The van der Waals surface area contributed by atoms with Crippen molar-refractivity contribution in [2.75, 3.05) is 9.80 Å². The summed E-state index contributed by atoms with van der Waals surface area (Å²) in [7, 11) is 0. The fourth-order valence-electron chi connectivity index (χ4n) is 10.7. The average molecular weight is 771 g/mol. The van der Waals surface area contributed by atoms with E-state index in [0.29, 0.717) is 0 Å². The highest BCUT2D eigenvalue weighted by molar-refractivity contribution is 6.11. The number of benzene rings is 9. The highest BCUT2D eigenvalue weighted by Gasteiger charge is 2.54. The van der Waals surface area contributed by atoms with Crippen LogP contribution in [0.25, 0.3) is 21.9 Å². The Morgan fingerprint density at radius 3 is 1.38 bits per heavy atom.